The highest BCUT2D eigenvalue weighted by molar-refractivity contribution is 5.93. The molecule has 1 aromatic carbocycles. The van der Waals surface area contributed by atoms with Crippen LogP contribution in [-0.4, -0.2) is 60.8 Å². The van der Waals surface area contributed by atoms with Crippen LogP contribution in [0.4, 0.5) is 0 Å². The number of benzene rings is 1. The van der Waals surface area contributed by atoms with Crippen LogP contribution in [0.5, 0.6) is 0 Å². The van der Waals surface area contributed by atoms with Gasteiger partial charge in [0.05, 0.1) is 25.2 Å². The Bertz CT molecular complexity index is 593. The zero-order chi connectivity index (χ0) is 17.7. The molecule has 1 atom stereocenters. The first-order valence-electron chi connectivity index (χ1n) is 9.01. The number of amides is 2. The van der Waals surface area contributed by atoms with Crippen molar-refractivity contribution in [1.29, 1.82) is 0 Å². The predicted molar refractivity (Wildman–Crippen MR) is 93.0 cm³/mol. The lowest BCUT2D eigenvalue weighted by Gasteiger charge is -2.33. The number of nitrogens with one attached hydrogen (secondary N) is 1. The number of hydrogen-bond donors (Lipinski definition) is 2. The van der Waals surface area contributed by atoms with Crippen molar-refractivity contribution in [2.45, 2.75) is 37.1 Å². The standard InChI is InChI=1S/C19H26N2O4/c22-14-16(17(23)21-10-12-25-13-11-21)20-18(24)19(8-4-5-9-19)15-6-2-1-3-7-15/h1-3,6-7,16,22H,4-5,8-14H2,(H,20,24). The van der Waals surface area contributed by atoms with Gasteiger partial charge >= 0.3 is 0 Å². The maximum Gasteiger partial charge on any atom is 0.247 e. The van der Waals surface area contributed by atoms with Crippen LogP contribution in [0.3, 0.4) is 0 Å². The van der Waals surface area contributed by atoms with Gasteiger partial charge < -0.3 is 20.1 Å². The van der Waals surface area contributed by atoms with Gasteiger partial charge in [-0.1, -0.05) is 43.2 Å². The maximum absolute atomic E-state index is 13.1. The zero-order valence-electron chi connectivity index (χ0n) is 14.4. The maximum atomic E-state index is 13.1. The van der Waals surface area contributed by atoms with E-state index in [1.165, 1.54) is 0 Å². The van der Waals surface area contributed by atoms with Crippen molar-refractivity contribution in [3.05, 3.63) is 35.9 Å². The lowest BCUT2D eigenvalue weighted by molar-refractivity contribution is -0.142. The largest absolute Gasteiger partial charge is 0.394 e. The van der Waals surface area contributed by atoms with Crippen LogP contribution in [0.1, 0.15) is 31.2 Å². The zero-order valence-corrected chi connectivity index (χ0v) is 14.4. The quantitative estimate of drug-likeness (QED) is 0.828. The van der Waals surface area contributed by atoms with E-state index in [0.717, 1.165) is 31.2 Å². The fraction of sp³-hybridized carbons (Fsp3) is 0.579. The highest BCUT2D eigenvalue weighted by atomic mass is 16.5. The van der Waals surface area contributed by atoms with E-state index in [0.29, 0.717) is 26.3 Å². The van der Waals surface area contributed by atoms with Crippen LogP contribution in [0.15, 0.2) is 30.3 Å². The Hall–Kier alpha value is -1.92. The normalized spacial score (nSPS) is 20.9. The molecule has 0 bridgehead atoms. The van der Waals surface area contributed by atoms with Crippen molar-refractivity contribution in [3.63, 3.8) is 0 Å². The third-order valence-electron chi connectivity index (χ3n) is 5.33. The van der Waals surface area contributed by atoms with E-state index >= 15 is 0 Å². The lowest BCUT2D eigenvalue weighted by atomic mass is 9.78. The fourth-order valence-electron chi connectivity index (χ4n) is 3.87. The van der Waals surface area contributed by atoms with Gasteiger partial charge in [-0.25, -0.2) is 0 Å². The molecule has 6 heteroatoms. The number of rotatable bonds is 5. The molecule has 2 amide bonds. The molecule has 1 unspecified atom stereocenters. The average Bonchev–Trinajstić information content (AvgIpc) is 3.18. The van der Waals surface area contributed by atoms with Crippen LogP contribution in [0.25, 0.3) is 0 Å². The van der Waals surface area contributed by atoms with E-state index < -0.39 is 18.1 Å². The predicted octanol–water partition coefficient (Wildman–Crippen LogP) is 0.834. The van der Waals surface area contributed by atoms with E-state index in [1.54, 1.807) is 4.90 Å². The molecule has 25 heavy (non-hydrogen) atoms. The van der Waals surface area contributed by atoms with Gasteiger partial charge in [0.1, 0.15) is 6.04 Å². The Morgan fingerprint density at radius 3 is 2.40 bits per heavy atom. The molecule has 0 radical (unpaired) electrons. The molecule has 6 nitrogen and oxygen atoms in total. The van der Waals surface area contributed by atoms with Crippen molar-refractivity contribution in [1.82, 2.24) is 10.2 Å². The van der Waals surface area contributed by atoms with Gasteiger partial charge in [0.25, 0.3) is 0 Å². The minimum atomic E-state index is -0.896. The van der Waals surface area contributed by atoms with E-state index in [2.05, 4.69) is 5.32 Å². The average molecular weight is 346 g/mol. The molecular formula is C19H26N2O4. The minimum Gasteiger partial charge on any atom is -0.394 e. The molecule has 0 aromatic heterocycles. The van der Waals surface area contributed by atoms with E-state index in [9.17, 15) is 14.7 Å². The van der Waals surface area contributed by atoms with Crippen LogP contribution < -0.4 is 5.32 Å². The second-order valence-electron chi connectivity index (χ2n) is 6.80. The van der Waals surface area contributed by atoms with Crippen LogP contribution in [-0.2, 0) is 19.7 Å². The summed E-state index contributed by atoms with van der Waals surface area (Å²) in [5.41, 5.74) is 0.389. The van der Waals surface area contributed by atoms with E-state index in [1.807, 2.05) is 30.3 Å². The number of hydrogen-bond acceptors (Lipinski definition) is 4. The Morgan fingerprint density at radius 1 is 1.16 bits per heavy atom. The third-order valence-corrected chi connectivity index (χ3v) is 5.33. The topological polar surface area (TPSA) is 78.9 Å². The van der Waals surface area contributed by atoms with Gasteiger partial charge in [-0.2, -0.15) is 0 Å². The molecule has 3 rings (SSSR count). The molecule has 1 aliphatic heterocycles. The number of carbonyl (C=O) groups is 2. The summed E-state index contributed by atoms with van der Waals surface area (Å²) in [5, 5.41) is 12.5. The summed E-state index contributed by atoms with van der Waals surface area (Å²) in [6.45, 7) is 1.58. The number of aliphatic hydroxyl groups is 1. The van der Waals surface area contributed by atoms with Gasteiger partial charge in [-0.15, -0.1) is 0 Å². The van der Waals surface area contributed by atoms with Crippen LogP contribution >= 0.6 is 0 Å². The number of nitrogens with zero attached hydrogens (tertiary/aromatic N) is 1. The summed E-state index contributed by atoms with van der Waals surface area (Å²) in [7, 11) is 0. The summed E-state index contributed by atoms with van der Waals surface area (Å²) in [6, 6.07) is 8.86. The summed E-state index contributed by atoms with van der Waals surface area (Å²) in [4.78, 5) is 27.4. The molecule has 1 heterocycles. The highest BCUT2D eigenvalue weighted by Gasteiger charge is 2.44. The lowest BCUT2D eigenvalue weighted by Crippen LogP contribution is -2.56. The summed E-state index contributed by atoms with van der Waals surface area (Å²) in [6.07, 6.45) is 3.52. The molecule has 2 fully saturated rings. The summed E-state index contributed by atoms with van der Waals surface area (Å²) >= 11 is 0. The van der Waals surface area contributed by atoms with E-state index in [-0.39, 0.29) is 11.8 Å². The molecule has 1 aliphatic carbocycles. The second-order valence-corrected chi connectivity index (χ2v) is 6.80. The molecule has 2 N–H and O–H groups in total. The smallest absolute Gasteiger partial charge is 0.247 e. The Labute approximate surface area is 148 Å². The molecule has 1 aromatic rings. The number of carbonyl (C=O) groups excluding carboxylic acids is 2. The van der Waals surface area contributed by atoms with Gasteiger partial charge in [0, 0.05) is 13.1 Å². The second kappa shape index (κ2) is 7.97. The number of ether oxygens (including phenoxy) is 1. The molecule has 1 saturated heterocycles. The van der Waals surface area contributed by atoms with Crippen molar-refractivity contribution < 1.29 is 19.4 Å². The summed E-state index contributed by atoms with van der Waals surface area (Å²) in [5.74, 6) is -0.391. The fourth-order valence-corrected chi connectivity index (χ4v) is 3.87. The Kier molecular flexibility index (Phi) is 5.71. The Morgan fingerprint density at radius 2 is 1.80 bits per heavy atom. The van der Waals surface area contributed by atoms with E-state index in [4.69, 9.17) is 4.74 Å². The number of morpholine rings is 1. The van der Waals surface area contributed by atoms with Gasteiger partial charge in [0.15, 0.2) is 0 Å². The molecule has 1 saturated carbocycles. The van der Waals surface area contributed by atoms with Crippen molar-refractivity contribution in [2.75, 3.05) is 32.9 Å². The van der Waals surface area contributed by atoms with Crippen molar-refractivity contribution >= 4 is 11.8 Å². The van der Waals surface area contributed by atoms with Gasteiger partial charge in [0.2, 0.25) is 11.8 Å². The first kappa shape index (κ1) is 17.9. The molecule has 136 valence electrons. The monoisotopic (exact) mass is 346 g/mol. The van der Waals surface area contributed by atoms with Crippen LogP contribution in [0.2, 0.25) is 0 Å². The molecule has 2 aliphatic rings. The number of aliphatic hydroxyl groups excluding tert-OH is 1. The first-order valence-corrected chi connectivity index (χ1v) is 9.01. The third kappa shape index (κ3) is 3.70. The Balaban J connectivity index is 1.75. The minimum absolute atomic E-state index is 0.156. The molecular weight excluding hydrogens is 320 g/mol. The van der Waals surface area contributed by atoms with Crippen molar-refractivity contribution in [3.8, 4) is 0 Å². The van der Waals surface area contributed by atoms with Gasteiger partial charge in [-0.05, 0) is 18.4 Å². The van der Waals surface area contributed by atoms with Crippen molar-refractivity contribution in [2.24, 2.45) is 0 Å². The SMILES string of the molecule is O=C(C(CO)NC(=O)C1(c2ccccc2)CCCC1)N1CCOCC1. The summed E-state index contributed by atoms with van der Waals surface area (Å²) < 4.78 is 5.26. The van der Waals surface area contributed by atoms with Gasteiger partial charge in [-0.3, -0.25) is 9.59 Å². The van der Waals surface area contributed by atoms with Crippen LogP contribution in [0, 0.1) is 0 Å². The first-order chi connectivity index (χ1) is 12.2. The highest BCUT2D eigenvalue weighted by Crippen LogP contribution is 2.41. The molecule has 0 spiro atoms.